The molecule has 0 aromatic heterocycles. The largest absolute Gasteiger partial charge is 0.348 e. The van der Waals surface area contributed by atoms with Gasteiger partial charge in [0.25, 0.3) is 0 Å². The smallest absolute Gasteiger partial charge is 0.240 e. The van der Waals surface area contributed by atoms with Crippen molar-refractivity contribution >= 4 is 11.8 Å². The maximum absolute atomic E-state index is 12.4. The van der Waals surface area contributed by atoms with Crippen LogP contribution in [0.3, 0.4) is 0 Å². The van der Waals surface area contributed by atoms with E-state index in [1.165, 1.54) is 0 Å². The zero-order valence-electron chi connectivity index (χ0n) is 14.1. The number of hydrogen-bond donors (Lipinski definition) is 1. The third-order valence-electron chi connectivity index (χ3n) is 3.96. The highest BCUT2D eigenvalue weighted by atomic mass is 16.2. The predicted molar refractivity (Wildman–Crippen MR) is 83.8 cm³/mol. The Morgan fingerprint density at radius 3 is 2.29 bits per heavy atom. The van der Waals surface area contributed by atoms with Gasteiger partial charge in [-0.25, -0.2) is 0 Å². The van der Waals surface area contributed by atoms with Gasteiger partial charge < -0.3 is 15.5 Å². The van der Waals surface area contributed by atoms with Gasteiger partial charge in [0, 0.05) is 40.3 Å². The maximum Gasteiger partial charge on any atom is 0.240 e. The molecule has 2 N–H and O–H groups in total. The van der Waals surface area contributed by atoms with Gasteiger partial charge >= 0.3 is 0 Å². The highest BCUT2D eigenvalue weighted by Crippen LogP contribution is 2.19. The van der Waals surface area contributed by atoms with Crippen LogP contribution >= 0.6 is 0 Å². The average molecular weight is 298 g/mol. The Hall–Kier alpha value is -1.14. The van der Waals surface area contributed by atoms with E-state index < -0.39 is 6.04 Å². The highest BCUT2D eigenvalue weighted by Gasteiger charge is 2.31. The summed E-state index contributed by atoms with van der Waals surface area (Å²) in [5.74, 6) is 0.115. The fourth-order valence-electron chi connectivity index (χ4n) is 2.25. The van der Waals surface area contributed by atoms with Crippen LogP contribution in [0.4, 0.5) is 0 Å². The molecule has 0 aromatic carbocycles. The van der Waals surface area contributed by atoms with Gasteiger partial charge in [0.15, 0.2) is 0 Å². The zero-order chi connectivity index (χ0) is 16.2. The molecule has 1 atom stereocenters. The van der Waals surface area contributed by atoms with Gasteiger partial charge in [-0.05, 0) is 11.8 Å². The van der Waals surface area contributed by atoms with Crippen molar-refractivity contribution in [2.24, 2.45) is 11.1 Å². The lowest BCUT2D eigenvalue weighted by Gasteiger charge is -2.31. The van der Waals surface area contributed by atoms with Crippen molar-refractivity contribution in [1.82, 2.24) is 14.7 Å². The third-order valence-corrected chi connectivity index (χ3v) is 3.96. The molecule has 0 radical (unpaired) electrons. The predicted octanol–water partition coefficient (Wildman–Crippen LogP) is -0.0177. The van der Waals surface area contributed by atoms with E-state index in [9.17, 15) is 9.59 Å². The van der Waals surface area contributed by atoms with E-state index in [0.717, 1.165) is 26.1 Å². The summed E-state index contributed by atoms with van der Waals surface area (Å²) in [5, 5.41) is 0. The summed E-state index contributed by atoms with van der Waals surface area (Å²) >= 11 is 0. The van der Waals surface area contributed by atoms with Crippen LogP contribution in [0.25, 0.3) is 0 Å². The minimum Gasteiger partial charge on any atom is -0.348 e. The number of carbonyl (C=O) groups excluding carboxylic acids is 2. The quantitative estimate of drug-likeness (QED) is 0.795. The first-order valence-corrected chi connectivity index (χ1v) is 7.60. The van der Waals surface area contributed by atoms with Crippen molar-refractivity contribution in [2.45, 2.75) is 33.2 Å². The normalized spacial score (nSPS) is 19.0. The second-order valence-corrected chi connectivity index (χ2v) is 7.09. The standard InChI is InChI=1S/C15H30N4O2/c1-15(2,3)13(16)14(21)19-8-6-7-18(9-10-19)11-12(20)17(4)5/h13H,6-11,16H2,1-5H3/t13-/m1/s1. The molecule has 0 bridgehead atoms. The molecule has 1 heterocycles. The molecular formula is C15H30N4O2. The van der Waals surface area contributed by atoms with E-state index in [-0.39, 0.29) is 17.2 Å². The molecule has 0 saturated carbocycles. The summed E-state index contributed by atoms with van der Waals surface area (Å²) in [6.07, 6.45) is 0.878. The fourth-order valence-corrected chi connectivity index (χ4v) is 2.25. The monoisotopic (exact) mass is 298 g/mol. The van der Waals surface area contributed by atoms with E-state index in [0.29, 0.717) is 13.1 Å². The summed E-state index contributed by atoms with van der Waals surface area (Å²) in [6, 6.07) is -0.479. The Balaban J connectivity index is 2.56. The Morgan fingerprint density at radius 2 is 1.76 bits per heavy atom. The van der Waals surface area contributed by atoms with E-state index in [1.807, 2.05) is 25.7 Å². The molecule has 0 aliphatic carbocycles. The lowest BCUT2D eigenvalue weighted by Crippen LogP contribution is -2.51. The first kappa shape index (κ1) is 17.9. The van der Waals surface area contributed by atoms with Crippen LogP contribution in [-0.2, 0) is 9.59 Å². The first-order valence-electron chi connectivity index (χ1n) is 7.60. The van der Waals surface area contributed by atoms with Crippen LogP contribution in [0.1, 0.15) is 27.2 Å². The molecule has 0 spiro atoms. The van der Waals surface area contributed by atoms with Crippen molar-refractivity contribution in [3.05, 3.63) is 0 Å². The number of likely N-dealkylation sites (N-methyl/N-ethyl adjacent to an activating group) is 1. The van der Waals surface area contributed by atoms with Crippen LogP contribution < -0.4 is 5.73 Å². The summed E-state index contributed by atoms with van der Waals surface area (Å²) in [5.41, 5.74) is 5.83. The van der Waals surface area contributed by atoms with Crippen molar-refractivity contribution in [3.63, 3.8) is 0 Å². The summed E-state index contributed by atoms with van der Waals surface area (Å²) in [6.45, 7) is 9.29. The lowest BCUT2D eigenvalue weighted by atomic mass is 9.86. The van der Waals surface area contributed by atoms with Gasteiger partial charge in [0.1, 0.15) is 0 Å². The van der Waals surface area contributed by atoms with Gasteiger partial charge in [0.2, 0.25) is 11.8 Å². The molecule has 0 aromatic rings. The van der Waals surface area contributed by atoms with Gasteiger partial charge in [-0.2, -0.15) is 0 Å². The third kappa shape index (κ3) is 5.28. The van der Waals surface area contributed by atoms with Crippen LogP contribution in [-0.4, -0.2) is 79.4 Å². The summed E-state index contributed by atoms with van der Waals surface area (Å²) in [4.78, 5) is 29.8. The Bertz CT molecular complexity index is 376. The summed E-state index contributed by atoms with van der Waals surface area (Å²) < 4.78 is 0. The van der Waals surface area contributed by atoms with Crippen LogP contribution in [0.5, 0.6) is 0 Å². The number of rotatable bonds is 3. The molecule has 1 aliphatic rings. The van der Waals surface area contributed by atoms with Gasteiger partial charge in [-0.15, -0.1) is 0 Å². The molecular weight excluding hydrogens is 268 g/mol. The molecule has 21 heavy (non-hydrogen) atoms. The molecule has 1 rings (SSSR count). The van der Waals surface area contributed by atoms with Crippen LogP contribution in [0.15, 0.2) is 0 Å². The minimum atomic E-state index is -0.479. The van der Waals surface area contributed by atoms with Crippen molar-refractivity contribution in [3.8, 4) is 0 Å². The van der Waals surface area contributed by atoms with Crippen molar-refractivity contribution < 1.29 is 9.59 Å². The number of nitrogens with two attached hydrogens (primary N) is 1. The van der Waals surface area contributed by atoms with E-state index >= 15 is 0 Å². The van der Waals surface area contributed by atoms with Crippen LogP contribution in [0, 0.1) is 5.41 Å². The fraction of sp³-hybridized carbons (Fsp3) is 0.867. The number of amides is 2. The highest BCUT2D eigenvalue weighted by molar-refractivity contribution is 5.82. The first-order chi connectivity index (χ1) is 9.62. The summed E-state index contributed by atoms with van der Waals surface area (Å²) in [7, 11) is 3.52. The molecule has 6 nitrogen and oxygen atoms in total. The molecule has 122 valence electrons. The second-order valence-electron chi connectivity index (χ2n) is 7.09. The zero-order valence-corrected chi connectivity index (χ0v) is 14.1. The number of hydrogen-bond acceptors (Lipinski definition) is 4. The van der Waals surface area contributed by atoms with Gasteiger partial charge in [0.05, 0.1) is 12.6 Å². The van der Waals surface area contributed by atoms with E-state index in [1.54, 1.807) is 19.0 Å². The lowest BCUT2D eigenvalue weighted by molar-refractivity contribution is -0.134. The van der Waals surface area contributed by atoms with Gasteiger partial charge in [-0.3, -0.25) is 14.5 Å². The minimum absolute atomic E-state index is 0.0169. The second kappa shape index (κ2) is 7.22. The Morgan fingerprint density at radius 1 is 1.14 bits per heavy atom. The number of carbonyl (C=O) groups is 2. The van der Waals surface area contributed by atoms with Crippen LogP contribution in [0.2, 0.25) is 0 Å². The number of nitrogens with zero attached hydrogens (tertiary/aromatic N) is 3. The molecule has 1 saturated heterocycles. The molecule has 0 unspecified atom stereocenters. The SMILES string of the molecule is CN(C)C(=O)CN1CCCN(C(=O)[C@@H](N)C(C)(C)C)CC1. The average Bonchev–Trinajstić information content (AvgIpc) is 2.61. The van der Waals surface area contributed by atoms with Crippen molar-refractivity contribution in [1.29, 1.82) is 0 Å². The topological polar surface area (TPSA) is 69.9 Å². The maximum atomic E-state index is 12.4. The Labute approximate surface area is 128 Å². The molecule has 1 fully saturated rings. The molecule has 6 heteroatoms. The Kier molecular flexibility index (Phi) is 6.16. The molecule has 2 amide bonds. The van der Waals surface area contributed by atoms with Crippen molar-refractivity contribution in [2.75, 3.05) is 46.8 Å². The van der Waals surface area contributed by atoms with Gasteiger partial charge in [-0.1, -0.05) is 20.8 Å². The molecule has 1 aliphatic heterocycles. The van der Waals surface area contributed by atoms with E-state index in [2.05, 4.69) is 4.90 Å². The van der Waals surface area contributed by atoms with E-state index in [4.69, 9.17) is 5.73 Å².